The Morgan fingerprint density at radius 2 is 2.13 bits per heavy atom. The van der Waals surface area contributed by atoms with Crippen molar-refractivity contribution in [3.8, 4) is 22.8 Å². The summed E-state index contributed by atoms with van der Waals surface area (Å²) in [5.41, 5.74) is 2.71. The molecule has 2 aromatic carbocycles. The van der Waals surface area contributed by atoms with Gasteiger partial charge in [-0.15, -0.1) is 11.3 Å². The molecular weight excluding hydrogens is 438 g/mol. The molecule has 9 heteroatoms. The molecule has 0 fully saturated rings. The molecule has 2 heterocycles. The van der Waals surface area contributed by atoms with Crippen LogP contribution in [-0.4, -0.2) is 36.6 Å². The summed E-state index contributed by atoms with van der Waals surface area (Å²) in [5, 5.41) is 6.09. The maximum atomic E-state index is 13.0. The number of aryl methyl sites for hydroxylation is 1. The molecule has 3 aromatic rings. The van der Waals surface area contributed by atoms with Crippen LogP contribution < -0.4 is 19.7 Å². The van der Waals surface area contributed by atoms with Gasteiger partial charge in [-0.3, -0.25) is 14.5 Å². The topological polar surface area (TPSA) is 80.8 Å². The number of carbonyl (C=O) groups is 2. The Morgan fingerprint density at radius 3 is 2.81 bits per heavy atom. The van der Waals surface area contributed by atoms with Crippen LogP contribution in [0.3, 0.4) is 0 Å². The van der Waals surface area contributed by atoms with Crippen LogP contribution in [0.2, 0.25) is 5.02 Å². The minimum absolute atomic E-state index is 0.131. The highest BCUT2D eigenvalue weighted by Crippen LogP contribution is 2.37. The number of fused-ring (bicyclic) bond motifs is 1. The molecule has 2 amide bonds. The molecule has 1 unspecified atom stereocenters. The number of hydrogen-bond donors (Lipinski definition) is 1. The predicted molar refractivity (Wildman–Crippen MR) is 121 cm³/mol. The minimum atomic E-state index is -0.775. The first-order valence-corrected chi connectivity index (χ1v) is 10.8. The van der Waals surface area contributed by atoms with Crippen LogP contribution >= 0.6 is 22.9 Å². The molecule has 0 saturated carbocycles. The Kier molecular flexibility index (Phi) is 5.84. The molecule has 0 aliphatic carbocycles. The number of aromatic nitrogens is 1. The minimum Gasteiger partial charge on any atom is -0.495 e. The van der Waals surface area contributed by atoms with Crippen LogP contribution in [0.5, 0.6) is 11.5 Å². The van der Waals surface area contributed by atoms with Crippen molar-refractivity contribution in [2.45, 2.75) is 19.9 Å². The predicted octanol–water partition coefficient (Wildman–Crippen LogP) is 4.53. The van der Waals surface area contributed by atoms with E-state index in [-0.39, 0.29) is 18.4 Å². The molecule has 1 aliphatic heterocycles. The lowest BCUT2D eigenvalue weighted by Crippen LogP contribution is -2.49. The van der Waals surface area contributed by atoms with Crippen molar-refractivity contribution in [1.29, 1.82) is 0 Å². The zero-order valence-corrected chi connectivity index (χ0v) is 18.7. The lowest BCUT2D eigenvalue weighted by molar-refractivity contribution is -0.125. The van der Waals surface area contributed by atoms with Crippen LogP contribution in [0.4, 0.5) is 11.4 Å². The lowest BCUT2D eigenvalue weighted by Gasteiger charge is -2.33. The summed E-state index contributed by atoms with van der Waals surface area (Å²) in [6, 6.07) is 9.70. The maximum absolute atomic E-state index is 13.0. The Labute approximate surface area is 188 Å². The highest BCUT2D eigenvalue weighted by atomic mass is 35.5. The van der Waals surface area contributed by atoms with E-state index in [1.165, 1.54) is 12.0 Å². The van der Waals surface area contributed by atoms with Gasteiger partial charge in [0.1, 0.15) is 17.5 Å². The molecular formula is C22H20ClN3O4S. The third kappa shape index (κ3) is 4.22. The second kappa shape index (κ2) is 8.56. The Balaban J connectivity index is 1.62. The number of nitrogens with one attached hydrogen (secondary N) is 1. The SMILES string of the molecule is COc1ccc(NC(=O)C(C)N2C(=O)COc3ccc(-c4csc(C)n4)cc32)cc1Cl. The normalized spacial score (nSPS) is 13.9. The van der Waals surface area contributed by atoms with E-state index in [1.54, 1.807) is 42.5 Å². The molecule has 1 aromatic heterocycles. The van der Waals surface area contributed by atoms with Crippen molar-refractivity contribution in [2.75, 3.05) is 23.9 Å². The first kappa shape index (κ1) is 21.1. The summed E-state index contributed by atoms with van der Waals surface area (Å²) in [7, 11) is 1.52. The largest absolute Gasteiger partial charge is 0.495 e. The van der Waals surface area contributed by atoms with Crippen LogP contribution in [-0.2, 0) is 9.59 Å². The van der Waals surface area contributed by atoms with Gasteiger partial charge in [0.05, 0.1) is 28.5 Å². The van der Waals surface area contributed by atoms with Crippen molar-refractivity contribution in [1.82, 2.24) is 4.98 Å². The van der Waals surface area contributed by atoms with Gasteiger partial charge in [0, 0.05) is 16.6 Å². The fourth-order valence-corrected chi connectivity index (χ4v) is 4.24. The number of carbonyl (C=O) groups excluding carboxylic acids is 2. The molecule has 7 nitrogen and oxygen atoms in total. The third-order valence-corrected chi connectivity index (χ3v) is 6.01. The molecule has 4 rings (SSSR count). The number of methoxy groups -OCH3 is 1. The van der Waals surface area contributed by atoms with Gasteiger partial charge in [-0.25, -0.2) is 4.98 Å². The number of halogens is 1. The number of anilines is 2. The van der Waals surface area contributed by atoms with E-state index in [2.05, 4.69) is 10.3 Å². The summed E-state index contributed by atoms with van der Waals surface area (Å²) in [6.45, 7) is 3.48. The summed E-state index contributed by atoms with van der Waals surface area (Å²) < 4.78 is 10.7. The average molecular weight is 458 g/mol. The van der Waals surface area contributed by atoms with Gasteiger partial charge in [-0.1, -0.05) is 11.6 Å². The molecule has 1 N–H and O–H groups in total. The Hall–Kier alpha value is -3.10. The van der Waals surface area contributed by atoms with E-state index in [4.69, 9.17) is 21.1 Å². The van der Waals surface area contributed by atoms with E-state index < -0.39 is 6.04 Å². The number of hydrogen-bond acceptors (Lipinski definition) is 6. The first-order valence-electron chi connectivity index (χ1n) is 9.53. The molecule has 0 saturated heterocycles. The molecule has 1 atom stereocenters. The summed E-state index contributed by atoms with van der Waals surface area (Å²) in [5.74, 6) is 0.407. The monoisotopic (exact) mass is 457 g/mol. The number of nitrogens with zero attached hydrogens (tertiary/aromatic N) is 2. The highest BCUT2D eigenvalue weighted by Gasteiger charge is 2.33. The fraction of sp³-hybridized carbons (Fsp3) is 0.227. The van der Waals surface area contributed by atoms with E-state index >= 15 is 0 Å². The van der Waals surface area contributed by atoms with Gasteiger partial charge in [-0.05, 0) is 50.2 Å². The van der Waals surface area contributed by atoms with Crippen LogP contribution in [0.25, 0.3) is 11.3 Å². The van der Waals surface area contributed by atoms with Crippen LogP contribution in [0.1, 0.15) is 11.9 Å². The van der Waals surface area contributed by atoms with E-state index in [1.807, 2.05) is 24.4 Å². The fourth-order valence-electron chi connectivity index (χ4n) is 3.36. The maximum Gasteiger partial charge on any atom is 0.265 e. The highest BCUT2D eigenvalue weighted by molar-refractivity contribution is 7.09. The summed E-state index contributed by atoms with van der Waals surface area (Å²) in [4.78, 5) is 31.6. The molecule has 31 heavy (non-hydrogen) atoms. The van der Waals surface area contributed by atoms with Crippen LogP contribution in [0, 0.1) is 6.92 Å². The smallest absolute Gasteiger partial charge is 0.265 e. The first-order chi connectivity index (χ1) is 14.9. The molecule has 1 aliphatic rings. The van der Waals surface area contributed by atoms with Crippen molar-refractivity contribution in [3.05, 3.63) is 51.8 Å². The summed E-state index contributed by atoms with van der Waals surface area (Å²) in [6.07, 6.45) is 0. The number of amides is 2. The average Bonchev–Trinajstić information content (AvgIpc) is 3.19. The number of benzene rings is 2. The van der Waals surface area contributed by atoms with E-state index in [0.29, 0.717) is 27.9 Å². The number of rotatable bonds is 5. The van der Waals surface area contributed by atoms with Gasteiger partial charge < -0.3 is 14.8 Å². The van der Waals surface area contributed by atoms with Gasteiger partial charge in [0.2, 0.25) is 5.91 Å². The third-order valence-electron chi connectivity index (χ3n) is 4.94. The molecule has 0 spiro atoms. The standard InChI is InChI=1S/C22H20ClN3O4S/c1-12(22(28)25-15-5-7-19(29-3)16(23)9-15)26-18-8-14(17-11-31-13(2)24-17)4-6-20(18)30-10-21(26)27/h4-9,11-12H,10H2,1-3H3,(H,25,28). The zero-order valence-electron chi connectivity index (χ0n) is 17.1. The van der Waals surface area contributed by atoms with Crippen molar-refractivity contribution in [2.24, 2.45) is 0 Å². The molecule has 0 radical (unpaired) electrons. The van der Waals surface area contributed by atoms with Crippen LogP contribution in [0.15, 0.2) is 41.8 Å². The summed E-state index contributed by atoms with van der Waals surface area (Å²) >= 11 is 7.69. The number of thiazole rings is 1. The van der Waals surface area contributed by atoms with E-state index in [9.17, 15) is 9.59 Å². The van der Waals surface area contributed by atoms with Crippen molar-refractivity contribution in [3.63, 3.8) is 0 Å². The van der Waals surface area contributed by atoms with Gasteiger partial charge >= 0.3 is 0 Å². The molecule has 0 bridgehead atoms. The zero-order chi connectivity index (χ0) is 22.1. The quantitative estimate of drug-likeness (QED) is 0.608. The Bertz CT molecular complexity index is 1160. The van der Waals surface area contributed by atoms with Crippen molar-refractivity contribution < 1.29 is 19.1 Å². The van der Waals surface area contributed by atoms with Crippen molar-refractivity contribution >= 4 is 46.1 Å². The lowest BCUT2D eigenvalue weighted by atomic mass is 10.1. The van der Waals surface area contributed by atoms with Gasteiger partial charge in [-0.2, -0.15) is 0 Å². The van der Waals surface area contributed by atoms with E-state index in [0.717, 1.165) is 16.3 Å². The second-order valence-corrected chi connectivity index (χ2v) is 8.47. The number of ether oxygens (including phenoxy) is 2. The van der Waals surface area contributed by atoms with Gasteiger partial charge in [0.15, 0.2) is 6.61 Å². The Morgan fingerprint density at radius 1 is 1.32 bits per heavy atom. The van der Waals surface area contributed by atoms with Gasteiger partial charge in [0.25, 0.3) is 5.91 Å². The molecule has 160 valence electrons. The second-order valence-electron chi connectivity index (χ2n) is 7.00.